The second kappa shape index (κ2) is 6.56. The van der Waals surface area contributed by atoms with E-state index in [1.54, 1.807) is 12.1 Å². The number of nitrogens with two attached hydrogens (primary N) is 1. The minimum atomic E-state index is -0.440. The van der Waals surface area contributed by atoms with Crippen LogP contribution in [0.15, 0.2) is 40.8 Å². The maximum Gasteiger partial charge on any atom is 0.300 e. The summed E-state index contributed by atoms with van der Waals surface area (Å²) in [4.78, 5) is 13.3. The second-order valence-electron chi connectivity index (χ2n) is 4.50. The van der Waals surface area contributed by atoms with Crippen molar-refractivity contribution >= 4 is 17.5 Å². The second-order valence-corrected chi connectivity index (χ2v) is 4.91. The number of carbonyl (C=O) groups excluding carboxylic acids is 1. The number of nitrogen functional groups attached to an aromatic ring is 1. The van der Waals surface area contributed by atoms with Crippen LogP contribution in [0.25, 0.3) is 0 Å². The number of benzene rings is 1. The molecule has 0 aliphatic carbocycles. The summed E-state index contributed by atoms with van der Waals surface area (Å²) in [6.45, 7) is 1.27. The molecule has 0 saturated carbocycles. The fourth-order valence-electron chi connectivity index (χ4n) is 1.90. The molecular formula is C14H16ClN3O2. The molecule has 1 aromatic heterocycles. The number of halogens is 1. The van der Waals surface area contributed by atoms with E-state index < -0.39 is 5.91 Å². The average molecular weight is 294 g/mol. The molecule has 20 heavy (non-hydrogen) atoms. The molecule has 5 nitrogen and oxygen atoms in total. The van der Waals surface area contributed by atoms with Gasteiger partial charge in [0.15, 0.2) is 5.76 Å². The van der Waals surface area contributed by atoms with Gasteiger partial charge in [0.05, 0.1) is 6.54 Å². The third-order valence-corrected chi connectivity index (χ3v) is 3.21. The minimum absolute atomic E-state index is 0.202. The zero-order valence-corrected chi connectivity index (χ0v) is 11.9. The molecule has 106 valence electrons. The van der Waals surface area contributed by atoms with Gasteiger partial charge >= 0.3 is 5.91 Å². The Balaban J connectivity index is 1.98. The van der Waals surface area contributed by atoms with E-state index in [9.17, 15) is 4.79 Å². The lowest BCUT2D eigenvalue weighted by Gasteiger charge is -2.16. The quantitative estimate of drug-likeness (QED) is 0.503. The maximum atomic E-state index is 11.3. The SMILES string of the molecule is CN(Cc1ccc(C(=O)NN)o1)Cc1ccccc1Cl. The van der Waals surface area contributed by atoms with Crippen LogP contribution in [0.5, 0.6) is 0 Å². The molecule has 0 aliphatic rings. The van der Waals surface area contributed by atoms with Crippen LogP contribution in [0.1, 0.15) is 21.9 Å². The average Bonchev–Trinajstić information content (AvgIpc) is 2.89. The van der Waals surface area contributed by atoms with Gasteiger partial charge in [-0.1, -0.05) is 29.8 Å². The zero-order chi connectivity index (χ0) is 14.5. The number of hydrazine groups is 1. The number of nitrogens with zero attached hydrogens (tertiary/aromatic N) is 1. The first-order chi connectivity index (χ1) is 9.60. The van der Waals surface area contributed by atoms with Gasteiger partial charge in [-0.05, 0) is 30.8 Å². The van der Waals surface area contributed by atoms with E-state index in [1.807, 2.05) is 41.6 Å². The van der Waals surface area contributed by atoms with Crippen LogP contribution < -0.4 is 11.3 Å². The summed E-state index contributed by atoms with van der Waals surface area (Å²) in [5, 5.41) is 0.738. The summed E-state index contributed by atoms with van der Waals surface area (Å²) >= 11 is 6.12. The molecule has 0 radical (unpaired) electrons. The van der Waals surface area contributed by atoms with E-state index in [0.29, 0.717) is 18.8 Å². The molecule has 0 aliphatic heterocycles. The van der Waals surface area contributed by atoms with Crippen molar-refractivity contribution in [1.29, 1.82) is 0 Å². The first kappa shape index (κ1) is 14.6. The van der Waals surface area contributed by atoms with E-state index in [4.69, 9.17) is 21.9 Å². The number of hydrogen-bond donors (Lipinski definition) is 2. The van der Waals surface area contributed by atoms with Crippen LogP contribution in [0, 0.1) is 0 Å². The molecule has 6 heteroatoms. The van der Waals surface area contributed by atoms with E-state index in [2.05, 4.69) is 0 Å². The molecule has 3 N–H and O–H groups in total. The fraction of sp³-hybridized carbons (Fsp3) is 0.214. The lowest BCUT2D eigenvalue weighted by atomic mass is 10.2. The standard InChI is InChI=1S/C14H16ClN3O2/c1-18(8-10-4-2-3-5-12(10)15)9-11-6-7-13(20-11)14(19)17-16/h2-7H,8-9,16H2,1H3,(H,17,19). The van der Waals surface area contributed by atoms with Crippen LogP contribution in [0.4, 0.5) is 0 Å². The van der Waals surface area contributed by atoms with Crippen LogP contribution in [-0.2, 0) is 13.1 Å². The Morgan fingerprint density at radius 1 is 1.30 bits per heavy atom. The van der Waals surface area contributed by atoms with Crippen LogP contribution >= 0.6 is 11.6 Å². The normalized spacial score (nSPS) is 10.8. The Hall–Kier alpha value is -1.82. The van der Waals surface area contributed by atoms with Crippen LogP contribution in [0.3, 0.4) is 0 Å². The summed E-state index contributed by atoms with van der Waals surface area (Å²) in [6, 6.07) is 11.0. The van der Waals surface area contributed by atoms with Crippen molar-refractivity contribution in [3.63, 3.8) is 0 Å². The molecule has 2 aromatic rings. The highest BCUT2D eigenvalue weighted by Gasteiger charge is 2.11. The predicted octanol–water partition coefficient (Wildman–Crippen LogP) is 2.17. The highest BCUT2D eigenvalue weighted by Crippen LogP contribution is 2.18. The van der Waals surface area contributed by atoms with Crippen molar-refractivity contribution in [2.24, 2.45) is 5.84 Å². The fourth-order valence-corrected chi connectivity index (χ4v) is 2.09. The summed E-state index contributed by atoms with van der Waals surface area (Å²) in [5.41, 5.74) is 3.08. The number of nitrogens with one attached hydrogen (secondary N) is 1. The van der Waals surface area contributed by atoms with Gasteiger partial charge in [0, 0.05) is 11.6 Å². The molecule has 0 fully saturated rings. The van der Waals surface area contributed by atoms with Gasteiger partial charge in [-0.25, -0.2) is 5.84 Å². The Labute approximate surface area is 122 Å². The minimum Gasteiger partial charge on any atom is -0.455 e. The zero-order valence-electron chi connectivity index (χ0n) is 11.1. The van der Waals surface area contributed by atoms with Crippen molar-refractivity contribution < 1.29 is 9.21 Å². The Bertz CT molecular complexity index is 598. The molecule has 2 rings (SSSR count). The summed E-state index contributed by atoms with van der Waals surface area (Å²) in [7, 11) is 1.95. The number of furan rings is 1. The monoisotopic (exact) mass is 293 g/mol. The van der Waals surface area contributed by atoms with Gasteiger partial charge < -0.3 is 4.42 Å². The summed E-state index contributed by atoms with van der Waals surface area (Å²) < 4.78 is 5.41. The number of carbonyl (C=O) groups is 1. The molecule has 0 spiro atoms. The molecule has 0 atom stereocenters. The van der Waals surface area contributed by atoms with Gasteiger partial charge in [-0.2, -0.15) is 0 Å². The summed E-state index contributed by atoms with van der Waals surface area (Å²) in [6.07, 6.45) is 0. The Morgan fingerprint density at radius 2 is 2.05 bits per heavy atom. The van der Waals surface area contributed by atoms with Gasteiger partial charge in [0.2, 0.25) is 0 Å². The first-order valence-corrected chi connectivity index (χ1v) is 6.49. The largest absolute Gasteiger partial charge is 0.455 e. The van der Waals surface area contributed by atoms with E-state index >= 15 is 0 Å². The molecule has 0 unspecified atom stereocenters. The number of rotatable bonds is 5. The Morgan fingerprint density at radius 3 is 2.75 bits per heavy atom. The summed E-state index contributed by atoms with van der Waals surface area (Å²) in [5.74, 6) is 5.50. The smallest absolute Gasteiger partial charge is 0.300 e. The van der Waals surface area contributed by atoms with E-state index in [1.165, 1.54) is 0 Å². The Kier molecular flexibility index (Phi) is 4.79. The van der Waals surface area contributed by atoms with Gasteiger partial charge in [-0.15, -0.1) is 0 Å². The lowest BCUT2D eigenvalue weighted by molar-refractivity contribution is 0.0922. The van der Waals surface area contributed by atoms with E-state index in [0.717, 1.165) is 10.6 Å². The third kappa shape index (κ3) is 3.60. The number of amides is 1. The van der Waals surface area contributed by atoms with Crippen molar-refractivity contribution in [1.82, 2.24) is 10.3 Å². The van der Waals surface area contributed by atoms with Crippen LogP contribution in [-0.4, -0.2) is 17.9 Å². The van der Waals surface area contributed by atoms with Crippen LogP contribution in [0.2, 0.25) is 5.02 Å². The molecule has 0 saturated heterocycles. The van der Waals surface area contributed by atoms with E-state index in [-0.39, 0.29) is 5.76 Å². The van der Waals surface area contributed by atoms with Gasteiger partial charge in [0.25, 0.3) is 0 Å². The third-order valence-electron chi connectivity index (χ3n) is 2.84. The van der Waals surface area contributed by atoms with Crippen molar-refractivity contribution in [3.8, 4) is 0 Å². The van der Waals surface area contributed by atoms with Crippen molar-refractivity contribution in [2.75, 3.05) is 7.05 Å². The van der Waals surface area contributed by atoms with Gasteiger partial charge in [-0.3, -0.25) is 15.1 Å². The molecule has 1 heterocycles. The molecular weight excluding hydrogens is 278 g/mol. The highest BCUT2D eigenvalue weighted by molar-refractivity contribution is 6.31. The molecule has 0 bridgehead atoms. The lowest BCUT2D eigenvalue weighted by Crippen LogP contribution is -2.29. The topological polar surface area (TPSA) is 71.5 Å². The van der Waals surface area contributed by atoms with Crippen molar-refractivity contribution in [2.45, 2.75) is 13.1 Å². The molecule has 1 amide bonds. The predicted molar refractivity (Wildman–Crippen MR) is 77.0 cm³/mol. The number of hydrogen-bond acceptors (Lipinski definition) is 4. The highest BCUT2D eigenvalue weighted by atomic mass is 35.5. The maximum absolute atomic E-state index is 11.3. The van der Waals surface area contributed by atoms with Gasteiger partial charge in [0.1, 0.15) is 5.76 Å². The first-order valence-electron chi connectivity index (χ1n) is 6.11. The van der Waals surface area contributed by atoms with Crippen molar-refractivity contribution in [3.05, 3.63) is 58.5 Å². The molecule has 1 aromatic carbocycles.